The standard InChI is InChI=1S/C31H42FN5O4/c1-31(2,3)41-30(40)34-25(28(38)36-15-7-10-23(36)17-33)19-35-18-24-16-26(35)29(39)37(24)27(20-8-5-4-6-9-20)21-11-13-22(32)14-12-21/h11-14,20,23-27H,4-10,15-16,18-19H2,1-3H3,(H,34,40)/t23-,24?,25-,26?,27?/m0/s1. The summed E-state index contributed by atoms with van der Waals surface area (Å²) in [6, 6.07) is 6.79. The summed E-state index contributed by atoms with van der Waals surface area (Å²) in [6.07, 6.45) is 6.83. The number of fused-ring (bicyclic) bond motifs is 2. The predicted octanol–water partition coefficient (Wildman–Crippen LogP) is 4.14. The van der Waals surface area contributed by atoms with E-state index in [4.69, 9.17) is 4.74 Å². The Morgan fingerprint density at radius 1 is 1.12 bits per heavy atom. The molecule has 222 valence electrons. The van der Waals surface area contributed by atoms with Crippen molar-refractivity contribution >= 4 is 17.9 Å². The predicted molar refractivity (Wildman–Crippen MR) is 150 cm³/mol. The number of hydrogen-bond donors (Lipinski definition) is 1. The van der Waals surface area contributed by atoms with Crippen molar-refractivity contribution in [1.82, 2.24) is 20.0 Å². The van der Waals surface area contributed by atoms with Crippen molar-refractivity contribution in [1.29, 1.82) is 5.26 Å². The van der Waals surface area contributed by atoms with Crippen LogP contribution in [-0.2, 0) is 14.3 Å². The minimum Gasteiger partial charge on any atom is -0.444 e. The van der Waals surface area contributed by atoms with E-state index in [0.717, 1.165) is 37.7 Å². The molecule has 3 aliphatic heterocycles. The Morgan fingerprint density at radius 2 is 1.83 bits per heavy atom. The van der Waals surface area contributed by atoms with Crippen molar-refractivity contribution in [3.8, 4) is 6.07 Å². The van der Waals surface area contributed by atoms with Gasteiger partial charge in [0.1, 0.15) is 23.5 Å². The van der Waals surface area contributed by atoms with Crippen molar-refractivity contribution in [2.24, 2.45) is 5.92 Å². The van der Waals surface area contributed by atoms with Crippen LogP contribution in [0.3, 0.4) is 0 Å². The van der Waals surface area contributed by atoms with E-state index in [9.17, 15) is 24.0 Å². The van der Waals surface area contributed by atoms with Gasteiger partial charge in [-0.25, -0.2) is 9.18 Å². The van der Waals surface area contributed by atoms with E-state index in [-0.39, 0.29) is 36.3 Å². The molecule has 4 aliphatic rings. The first-order chi connectivity index (χ1) is 19.6. The summed E-state index contributed by atoms with van der Waals surface area (Å²) in [5, 5.41) is 12.3. The second-order valence-corrected chi connectivity index (χ2v) is 13.0. The number of carbonyl (C=O) groups is 3. The van der Waals surface area contributed by atoms with Crippen LogP contribution in [0.25, 0.3) is 0 Å². The summed E-state index contributed by atoms with van der Waals surface area (Å²) < 4.78 is 19.2. The molecule has 3 saturated heterocycles. The molecule has 9 nitrogen and oxygen atoms in total. The van der Waals surface area contributed by atoms with Crippen LogP contribution in [0.1, 0.15) is 83.7 Å². The fourth-order valence-electron chi connectivity index (χ4n) is 7.26. The molecule has 4 fully saturated rings. The number of nitriles is 1. The number of alkyl carbamates (subject to hydrolysis) is 1. The molecule has 41 heavy (non-hydrogen) atoms. The highest BCUT2D eigenvalue weighted by Crippen LogP contribution is 2.45. The molecule has 1 N–H and O–H groups in total. The minimum atomic E-state index is -0.939. The number of nitrogens with zero attached hydrogens (tertiary/aromatic N) is 4. The molecule has 3 heterocycles. The Labute approximate surface area is 242 Å². The topological polar surface area (TPSA) is 106 Å². The van der Waals surface area contributed by atoms with Gasteiger partial charge in [0.15, 0.2) is 0 Å². The minimum absolute atomic E-state index is 0.0274. The van der Waals surface area contributed by atoms with Gasteiger partial charge in [0, 0.05) is 25.7 Å². The molecule has 1 saturated carbocycles. The van der Waals surface area contributed by atoms with Gasteiger partial charge in [-0.1, -0.05) is 31.4 Å². The van der Waals surface area contributed by atoms with Crippen LogP contribution in [0.15, 0.2) is 24.3 Å². The molecular formula is C31H42FN5O4. The van der Waals surface area contributed by atoms with Gasteiger partial charge in [-0.05, 0) is 76.5 Å². The van der Waals surface area contributed by atoms with Crippen molar-refractivity contribution in [2.75, 3.05) is 19.6 Å². The van der Waals surface area contributed by atoms with E-state index in [1.165, 1.54) is 23.5 Å². The Bertz CT molecular complexity index is 1170. The van der Waals surface area contributed by atoms with E-state index in [1.54, 1.807) is 20.8 Å². The molecule has 2 bridgehead atoms. The van der Waals surface area contributed by atoms with Gasteiger partial charge in [0.25, 0.3) is 0 Å². The molecule has 3 unspecified atom stereocenters. The molecule has 3 amide bonds. The van der Waals surface area contributed by atoms with Crippen LogP contribution < -0.4 is 5.32 Å². The van der Waals surface area contributed by atoms with Crippen LogP contribution in [0.5, 0.6) is 0 Å². The summed E-state index contributed by atoms with van der Waals surface area (Å²) >= 11 is 0. The lowest BCUT2D eigenvalue weighted by molar-refractivity contribution is -0.143. The first kappa shape index (κ1) is 29.3. The Balaban J connectivity index is 1.34. The van der Waals surface area contributed by atoms with Gasteiger partial charge in [-0.3, -0.25) is 14.5 Å². The molecule has 1 aromatic rings. The lowest BCUT2D eigenvalue weighted by atomic mass is 9.80. The maximum atomic E-state index is 14.0. The highest BCUT2D eigenvalue weighted by atomic mass is 19.1. The number of halogens is 1. The highest BCUT2D eigenvalue weighted by Gasteiger charge is 2.54. The number of carbonyl (C=O) groups excluding carboxylic acids is 3. The van der Waals surface area contributed by atoms with Crippen molar-refractivity contribution in [3.63, 3.8) is 0 Å². The molecule has 5 atom stereocenters. The molecule has 0 spiro atoms. The molecule has 1 aromatic carbocycles. The lowest BCUT2D eigenvalue weighted by Gasteiger charge is -2.44. The number of rotatable bonds is 7. The van der Waals surface area contributed by atoms with E-state index < -0.39 is 29.8 Å². The number of ether oxygens (including phenoxy) is 1. The van der Waals surface area contributed by atoms with Crippen LogP contribution in [0, 0.1) is 23.1 Å². The third-order valence-electron chi connectivity index (χ3n) is 9.01. The molecule has 1 aliphatic carbocycles. The Hall–Kier alpha value is -3.19. The van der Waals surface area contributed by atoms with Crippen LogP contribution in [0.4, 0.5) is 9.18 Å². The van der Waals surface area contributed by atoms with Crippen molar-refractivity contribution < 1.29 is 23.5 Å². The third kappa shape index (κ3) is 6.35. The Kier molecular flexibility index (Phi) is 8.55. The first-order valence-electron chi connectivity index (χ1n) is 15.1. The molecule has 0 aromatic heterocycles. The van der Waals surface area contributed by atoms with Gasteiger partial charge in [0.05, 0.1) is 18.2 Å². The van der Waals surface area contributed by atoms with Gasteiger partial charge >= 0.3 is 6.09 Å². The quantitative estimate of drug-likeness (QED) is 0.531. The largest absolute Gasteiger partial charge is 0.444 e. The van der Waals surface area contributed by atoms with Crippen LogP contribution >= 0.6 is 0 Å². The average Bonchev–Trinajstić information content (AvgIpc) is 3.64. The monoisotopic (exact) mass is 567 g/mol. The first-order valence-corrected chi connectivity index (χ1v) is 15.1. The summed E-state index contributed by atoms with van der Waals surface area (Å²) in [7, 11) is 0. The number of piperazine rings is 1. The van der Waals surface area contributed by atoms with Crippen molar-refractivity contribution in [3.05, 3.63) is 35.6 Å². The number of amides is 3. The molecule has 5 rings (SSSR count). The van der Waals surface area contributed by atoms with E-state index >= 15 is 0 Å². The zero-order valence-electron chi connectivity index (χ0n) is 24.4. The maximum Gasteiger partial charge on any atom is 0.408 e. The summed E-state index contributed by atoms with van der Waals surface area (Å²) in [5.74, 6) is -0.257. The molecule has 0 radical (unpaired) electrons. The summed E-state index contributed by atoms with van der Waals surface area (Å²) in [5.41, 5.74) is 0.236. The highest BCUT2D eigenvalue weighted by molar-refractivity contribution is 5.88. The van der Waals surface area contributed by atoms with E-state index in [0.29, 0.717) is 31.8 Å². The average molecular weight is 568 g/mol. The van der Waals surface area contributed by atoms with Gasteiger partial charge in [-0.15, -0.1) is 0 Å². The fraction of sp³-hybridized carbons (Fsp3) is 0.677. The van der Waals surface area contributed by atoms with Crippen molar-refractivity contribution in [2.45, 2.75) is 108 Å². The van der Waals surface area contributed by atoms with E-state index in [2.05, 4.69) is 11.4 Å². The van der Waals surface area contributed by atoms with Gasteiger partial charge in [0.2, 0.25) is 11.8 Å². The number of benzene rings is 1. The number of hydrogen-bond acceptors (Lipinski definition) is 6. The second-order valence-electron chi connectivity index (χ2n) is 13.0. The Morgan fingerprint density at radius 3 is 2.46 bits per heavy atom. The molecular weight excluding hydrogens is 525 g/mol. The van der Waals surface area contributed by atoms with Crippen LogP contribution in [0.2, 0.25) is 0 Å². The SMILES string of the molecule is CC(C)(C)OC(=O)N[C@@H](CN1CC2CC1C(=O)N2C(c1ccc(F)cc1)C1CCCCC1)C(=O)N1CCC[C@H]1C#N. The smallest absolute Gasteiger partial charge is 0.408 e. The molecule has 10 heteroatoms. The normalized spacial score (nSPS) is 26.6. The number of nitrogens with one attached hydrogen (secondary N) is 1. The second kappa shape index (κ2) is 12.0. The lowest BCUT2D eigenvalue weighted by Crippen LogP contribution is -2.59. The summed E-state index contributed by atoms with van der Waals surface area (Å²) in [4.78, 5) is 45.9. The zero-order valence-corrected chi connectivity index (χ0v) is 24.4. The maximum absolute atomic E-state index is 14.0. The third-order valence-corrected chi connectivity index (χ3v) is 9.01. The summed E-state index contributed by atoms with van der Waals surface area (Å²) in [6.45, 7) is 6.48. The van der Waals surface area contributed by atoms with Crippen LogP contribution in [-0.4, -0.2) is 82.0 Å². The number of likely N-dealkylation sites (tertiary alicyclic amines) is 3. The van der Waals surface area contributed by atoms with Gasteiger partial charge in [-0.2, -0.15) is 5.26 Å². The fourth-order valence-corrected chi connectivity index (χ4v) is 7.26. The van der Waals surface area contributed by atoms with Gasteiger partial charge < -0.3 is 19.9 Å². The zero-order chi connectivity index (χ0) is 29.3. The van der Waals surface area contributed by atoms with E-state index in [1.807, 2.05) is 21.9 Å².